The average Bonchev–Trinajstić information content (AvgIpc) is 3.18. The Morgan fingerprint density at radius 1 is 1.14 bits per heavy atom. The summed E-state index contributed by atoms with van der Waals surface area (Å²) in [6.07, 6.45) is 2.00. The highest BCUT2D eigenvalue weighted by atomic mass is 28.2. The van der Waals surface area contributed by atoms with Crippen LogP contribution < -0.4 is 15.8 Å². The first-order chi connectivity index (χ1) is 17.2. The van der Waals surface area contributed by atoms with Gasteiger partial charge in [-0.3, -0.25) is 20.4 Å². The van der Waals surface area contributed by atoms with Crippen LogP contribution in [-0.2, 0) is 20.7 Å². The summed E-state index contributed by atoms with van der Waals surface area (Å²) in [5, 5.41) is 16.3. The van der Waals surface area contributed by atoms with Gasteiger partial charge in [0.15, 0.2) is 0 Å². The van der Waals surface area contributed by atoms with E-state index in [1.165, 1.54) is 0 Å². The number of carbonyl (C=O) groups excluding carboxylic acids is 1. The van der Waals surface area contributed by atoms with Crippen LogP contribution in [0.15, 0.2) is 42.5 Å². The third-order valence-electron chi connectivity index (χ3n) is 5.84. The van der Waals surface area contributed by atoms with E-state index in [-0.39, 0.29) is 17.4 Å². The van der Waals surface area contributed by atoms with Gasteiger partial charge in [0, 0.05) is 26.2 Å². The van der Waals surface area contributed by atoms with Crippen LogP contribution in [0.1, 0.15) is 53.0 Å². The molecule has 1 heterocycles. The van der Waals surface area contributed by atoms with E-state index < -0.39 is 0 Å². The van der Waals surface area contributed by atoms with E-state index in [4.69, 9.17) is 9.47 Å². The number of nitrogens with one attached hydrogen (secondary N) is 2. The van der Waals surface area contributed by atoms with Gasteiger partial charge in [0.1, 0.15) is 15.4 Å². The van der Waals surface area contributed by atoms with Crippen molar-refractivity contribution in [2.75, 3.05) is 30.2 Å². The molecular weight excluding hydrogens is 472 g/mol. The zero-order chi connectivity index (χ0) is 26.1. The molecule has 1 amide bonds. The van der Waals surface area contributed by atoms with E-state index in [1.807, 2.05) is 63.9 Å². The number of hydrogen-bond donors (Lipinski definition) is 3. The number of nitrogens with zero attached hydrogens (tertiary/aromatic N) is 2. The fraction of sp³-hybridized carbons (Fsp3) is 0.519. The Morgan fingerprint density at radius 2 is 1.86 bits per heavy atom. The Kier molecular flexibility index (Phi) is 10.3. The minimum atomic E-state index is -0.309. The van der Waals surface area contributed by atoms with E-state index in [0.29, 0.717) is 42.1 Å². The molecule has 0 aliphatic carbocycles. The predicted octanol–water partition coefficient (Wildman–Crippen LogP) is 4.82. The molecule has 0 atom stereocenters. The van der Waals surface area contributed by atoms with E-state index in [1.54, 1.807) is 0 Å². The summed E-state index contributed by atoms with van der Waals surface area (Å²) in [6.45, 7) is 12.0. The Labute approximate surface area is 217 Å². The molecule has 0 saturated heterocycles. The molecule has 1 aliphatic heterocycles. The van der Waals surface area contributed by atoms with Crippen molar-refractivity contribution in [2.45, 2.75) is 71.4 Å². The van der Waals surface area contributed by atoms with Crippen LogP contribution in [0.2, 0.25) is 6.04 Å². The lowest BCUT2D eigenvalue weighted by molar-refractivity contribution is -0.121. The summed E-state index contributed by atoms with van der Waals surface area (Å²) in [6, 6.07) is 15.3. The second-order valence-electron chi connectivity index (χ2n) is 9.67. The first-order valence-electron chi connectivity index (χ1n) is 12.8. The molecule has 2 radical (unpaired) electrons. The van der Waals surface area contributed by atoms with E-state index in [9.17, 15) is 10.0 Å². The molecule has 36 heavy (non-hydrogen) atoms. The van der Waals surface area contributed by atoms with Crippen LogP contribution in [0.25, 0.3) is 11.1 Å². The summed E-state index contributed by atoms with van der Waals surface area (Å²) >= 11 is 0. The number of ether oxygens (including phenoxy) is 2. The van der Waals surface area contributed by atoms with Gasteiger partial charge in [-0.05, 0) is 81.6 Å². The van der Waals surface area contributed by atoms with Crippen LogP contribution in [0.5, 0.6) is 0 Å². The van der Waals surface area contributed by atoms with E-state index >= 15 is 0 Å². The van der Waals surface area contributed by atoms with Crippen LogP contribution >= 0.6 is 0 Å². The maximum atomic E-state index is 12.5. The van der Waals surface area contributed by atoms with E-state index in [2.05, 4.69) is 28.9 Å². The van der Waals surface area contributed by atoms with Gasteiger partial charge in [0.2, 0.25) is 5.91 Å². The molecule has 0 aromatic heterocycles. The van der Waals surface area contributed by atoms with Crippen LogP contribution in [0.3, 0.4) is 0 Å². The van der Waals surface area contributed by atoms with Gasteiger partial charge in [-0.1, -0.05) is 36.4 Å². The van der Waals surface area contributed by atoms with Crippen molar-refractivity contribution in [3.8, 4) is 11.1 Å². The molecule has 0 bridgehead atoms. The second kappa shape index (κ2) is 13.2. The minimum Gasteiger partial charge on any atom is -0.357 e. The number of rotatable bonds is 13. The highest BCUT2D eigenvalue weighted by molar-refractivity contribution is 6.36. The summed E-state index contributed by atoms with van der Waals surface area (Å²) in [4.78, 5) is 12.5. The number of amides is 1. The minimum absolute atomic E-state index is 0.0623. The van der Waals surface area contributed by atoms with Crippen LogP contribution in [0, 0.1) is 0 Å². The fourth-order valence-corrected chi connectivity index (χ4v) is 5.42. The van der Waals surface area contributed by atoms with Crippen molar-refractivity contribution in [3.63, 3.8) is 0 Å². The first kappa shape index (κ1) is 28.1. The van der Waals surface area contributed by atoms with Gasteiger partial charge in [-0.15, -0.1) is 0 Å². The van der Waals surface area contributed by atoms with Crippen molar-refractivity contribution >= 4 is 26.8 Å². The lowest BCUT2D eigenvalue weighted by Crippen LogP contribution is -2.50. The maximum Gasteiger partial charge on any atom is 0.220 e. The van der Waals surface area contributed by atoms with Crippen molar-refractivity contribution < 1.29 is 19.5 Å². The van der Waals surface area contributed by atoms with Crippen molar-refractivity contribution in [1.82, 2.24) is 10.6 Å². The second-order valence-corrected chi connectivity index (χ2v) is 11.1. The lowest BCUT2D eigenvalue weighted by atomic mass is 9.95. The number of aryl methyl sites for hydroxylation is 1. The Morgan fingerprint density at radius 3 is 2.56 bits per heavy atom. The van der Waals surface area contributed by atoms with Crippen molar-refractivity contribution in [1.29, 1.82) is 0 Å². The largest absolute Gasteiger partial charge is 0.357 e. The third kappa shape index (κ3) is 7.53. The molecule has 8 nitrogen and oxygen atoms in total. The predicted molar refractivity (Wildman–Crippen MR) is 145 cm³/mol. The molecular formula is C27H40N4O4Si. The average molecular weight is 513 g/mol. The number of anilines is 2. The monoisotopic (exact) mass is 512 g/mol. The van der Waals surface area contributed by atoms with Gasteiger partial charge in [-0.2, -0.15) is 0 Å². The van der Waals surface area contributed by atoms with Gasteiger partial charge in [0.05, 0.1) is 16.9 Å². The highest BCUT2D eigenvalue weighted by Crippen LogP contribution is 2.40. The first-order valence-corrected chi connectivity index (χ1v) is 14.0. The Balaban J connectivity index is 1.56. The molecule has 0 saturated carbocycles. The van der Waals surface area contributed by atoms with Gasteiger partial charge >= 0.3 is 0 Å². The summed E-state index contributed by atoms with van der Waals surface area (Å²) in [7, 11) is 0.574. The molecule has 1 aliphatic rings. The maximum absolute atomic E-state index is 12.5. The summed E-state index contributed by atoms with van der Waals surface area (Å²) in [5.41, 5.74) is 7.70. The van der Waals surface area contributed by atoms with Crippen molar-refractivity contribution in [3.05, 3.63) is 48.0 Å². The molecule has 3 rings (SSSR count). The van der Waals surface area contributed by atoms with Crippen molar-refractivity contribution in [2.24, 2.45) is 0 Å². The normalized spacial score (nSPS) is 13.7. The van der Waals surface area contributed by atoms with Crippen LogP contribution in [0.4, 0.5) is 11.4 Å². The molecule has 0 fully saturated rings. The fourth-order valence-electron chi connectivity index (χ4n) is 4.24. The standard InChI is InChI=1S/C27H40N4O4Si/c1-6-34-26(35-7-2)36-18-10-17-28-25(32)16-14-20-11-8-9-12-22(20)21-13-15-23-24(19-21)30(27(3,4)5)31(33)29-23/h8-9,11-13,15,19,26,29,33H,6-7,10,14,16-18H2,1-5H3,(H,28,32). The smallest absolute Gasteiger partial charge is 0.220 e. The molecule has 0 unspecified atom stereocenters. The Bertz CT molecular complexity index is 992. The SMILES string of the molecule is CCOC(OCC)[Si]CCCNC(=O)CCc1ccccc1-c1ccc2c(c1)N(C(C)(C)C)N(O)N2. The van der Waals surface area contributed by atoms with Gasteiger partial charge in [-0.25, -0.2) is 0 Å². The zero-order valence-electron chi connectivity index (χ0n) is 22.1. The lowest BCUT2D eigenvalue weighted by Gasteiger charge is -2.36. The van der Waals surface area contributed by atoms with Crippen LogP contribution in [-0.4, -0.2) is 57.1 Å². The molecule has 2 aromatic carbocycles. The molecule has 9 heteroatoms. The number of hydrogen-bond acceptors (Lipinski definition) is 7. The molecule has 3 N–H and O–H groups in total. The number of carbonyl (C=O) groups is 1. The van der Waals surface area contributed by atoms with E-state index in [0.717, 1.165) is 45.8 Å². The summed E-state index contributed by atoms with van der Waals surface area (Å²) in [5.74, 6) is -0.0644. The zero-order valence-corrected chi connectivity index (χ0v) is 23.1. The third-order valence-corrected chi connectivity index (χ3v) is 7.15. The molecule has 0 spiro atoms. The quantitative estimate of drug-likeness (QED) is 0.201. The molecule has 196 valence electrons. The topological polar surface area (TPSA) is 86.3 Å². The van der Waals surface area contributed by atoms with Gasteiger partial charge < -0.3 is 14.8 Å². The highest BCUT2D eigenvalue weighted by Gasteiger charge is 2.34. The number of hydrazine groups is 2. The van der Waals surface area contributed by atoms with Gasteiger partial charge in [0.25, 0.3) is 0 Å². The number of fused-ring (bicyclic) bond motifs is 1. The summed E-state index contributed by atoms with van der Waals surface area (Å²) < 4.78 is 11.2. The Hall–Kier alpha value is -2.43. The number of benzene rings is 2. The molecule has 2 aromatic rings.